The molecule has 0 aromatic carbocycles. The maximum Gasteiger partial charge on any atom is -0.0116 e. The van der Waals surface area contributed by atoms with Gasteiger partial charge in [0.2, 0.25) is 0 Å². The van der Waals surface area contributed by atoms with E-state index in [1.807, 2.05) is 19.1 Å². The summed E-state index contributed by atoms with van der Waals surface area (Å²) in [6.45, 7) is 116. The first-order valence-electron chi connectivity index (χ1n) is 55.1. The lowest BCUT2D eigenvalue weighted by Crippen LogP contribution is -2.48. The molecule has 15 unspecified atom stereocenters. The van der Waals surface area contributed by atoms with Crippen LogP contribution in [0.25, 0.3) is 0 Å². The minimum absolute atomic E-state index is 0.475. The van der Waals surface area contributed by atoms with Crippen molar-refractivity contribution in [2.45, 2.75) is 428 Å². The van der Waals surface area contributed by atoms with Crippen LogP contribution in [-0.4, -0.2) is 0 Å². The summed E-state index contributed by atoms with van der Waals surface area (Å²) in [5.41, 5.74) is 31.5. The molecule has 0 spiro atoms. The van der Waals surface area contributed by atoms with Crippen LogP contribution in [0.1, 0.15) is 428 Å². The van der Waals surface area contributed by atoms with E-state index in [0.717, 1.165) is 154 Å². The highest BCUT2D eigenvalue weighted by molar-refractivity contribution is 5.31. The second kappa shape index (κ2) is 56.6. The van der Waals surface area contributed by atoms with Gasteiger partial charge in [0.1, 0.15) is 0 Å². The Morgan fingerprint density at radius 3 is 1.36 bits per heavy atom. The number of hydrogen-bond donors (Lipinski definition) is 0. The summed E-state index contributed by atoms with van der Waals surface area (Å²) >= 11 is 0. The molecule has 0 heterocycles. The van der Waals surface area contributed by atoms with Crippen molar-refractivity contribution in [2.75, 3.05) is 0 Å². The number of rotatable bonds is 15. The molecule has 0 amide bonds. The lowest BCUT2D eigenvalue weighted by atomic mass is 9.47. The van der Waals surface area contributed by atoms with Crippen LogP contribution >= 0.6 is 0 Å². The molecule has 19 rings (SSSR count). The molecule has 0 radical (unpaired) electrons. The van der Waals surface area contributed by atoms with Gasteiger partial charge in [-0.25, -0.2) is 0 Å². The predicted octanol–water partition coefficient (Wildman–Crippen LogP) is 43.2. The molecule has 19 aliphatic carbocycles. The SMILES string of the molecule is C=C(C)C1CC=C(C)CC1.C=C/C(C)=C/CC=C(C)C.C=C1C2CCC(C2)C1(C)C.C=C1C=CC(C(C)C)CC1.C=C1CCC2(C(C)C)CC12.C=C1CCC2CC1C2(C)C.C=CC(=C)C.C=CC(=C)CCC=C(C)C.CC1=CC=C(C(C)C)CC1.CC1=CCC(C(C)C)=CC1.CC1=CCC(C(C)C)CC1.CC1=CCC2(C(C)C)CC12.CC1=CCC2C(C1)C2(C)C.CC1=CCC2CC1C2(C)C. The van der Waals surface area contributed by atoms with E-state index in [0.29, 0.717) is 21.7 Å². The van der Waals surface area contributed by atoms with Crippen LogP contribution in [0.4, 0.5) is 0 Å². The van der Waals surface area contributed by atoms with E-state index in [-0.39, 0.29) is 0 Å². The van der Waals surface area contributed by atoms with E-state index in [1.165, 1.54) is 229 Å². The minimum atomic E-state index is 0.475. The third-order valence-corrected chi connectivity index (χ3v) is 36.5. The fourth-order valence-electron chi connectivity index (χ4n) is 23.8. The number of allylic oxidation sites excluding steroid dienone is 36. The monoisotopic (exact) mass is 1840 g/mol. The Morgan fingerprint density at radius 2 is 1.02 bits per heavy atom. The van der Waals surface area contributed by atoms with E-state index < -0.39 is 0 Å². The van der Waals surface area contributed by atoms with E-state index in [9.17, 15) is 0 Å². The zero-order valence-corrected chi connectivity index (χ0v) is 95.6. The maximum atomic E-state index is 4.19. The zero-order valence-electron chi connectivity index (χ0n) is 95.6. The standard InChI is InChI=1S/6C10H16.C10H18.6C10H16.C5H8/c1-7-8-4-5-9(6-8)10(7,2)3;2*1-7-4-5-8-6-9(7)10(8,2)3;1-7-4-5-8-9(6-7)10(8,2)3;2*1-7(2)10-5-4-8(3)9(10)6-10;5*1-8(2)10-6-4-9(3)5-7-10;2*1-5-10(4)8-6-7-9(2)3;1-4-5(2)3/h8-9H,1,4-6H2,2-3H3;4,8-9H,5-6H2,1-3H3;8-9H,1,4-6H2,2-3H3;4,8-9H,5-6H2,1-3H3;4,7,9H,5-6H2,1-3H3;7,9H,3-6H2,1-2H3;4,8,10H,5-7H2,1-3H3;4,7-8H,5-6H2,1-3H3;4,6,8H,5,7H2,1-3H3;4,6,8,10H,3,5,7H2,1-2H3;4,10H,1,5-7H2,2-3H3;5,7-8H,1,6H2,2-4H3;5,7H,1,4,6,8H2,2-3H3;4H,1-2H2,3H3/b;;;;;;;;;;;10-8+;;. The molecule has 0 heteroatoms. The molecule has 6 bridgehead atoms. The van der Waals surface area contributed by atoms with E-state index >= 15 is 0 Å². The summed E-state index contributed by atoms with van der Waals surface area (Å²) in [6, 6.07) is 0. The maximum absolute atomic E-state index is 4.19. The average molecular weight is 1840 g/mol. The molecule has 10 fully saturated rings. The first-order valence-corrected chi connectivity index (χ1v) is 55.1. The molecule has 0 saturated heterocycles. The molecule has 19 aliphatic rings. The van der Waals surface area contributed by atoms with Gasteiger partial charge in [0.25, 0.3) is 0 Å². The Bertz CT molecular complexity index is 4300. The van der Waals surface area contributed by atoms with E-state index in [2.05, 4.69) is 379 Å². The van der Waals surface area contributed by atoms with Crippen molar-refractivity contribution in [1.82, 2.24) is 0 Å². The van der Waals surface area contributed by atoms with Crippen molar-refractivity contribution >= 4 is 0 Å². The third kappa shape index (κ3) is 38.4. The second-order valence-corrected chi connectivity index (χ2v) is 50.4. The summed E-state index contributed by atoms with van der Waals surface area (Å²) in [4.78, 5) is 0. The van der Waals surface area contributed by atoms with Crippen LogP contribution in [0.3, 0.4) is 0 Å². The van der Waals surface area contributed by atoms with Gasteiger partial charge in [-0.3, -0.25) is 0 Å². The van der Waals surface area contributed by atoms with Gasteiger partial charge >= 0.3 is 0 Å². The quantitative estimate of drug-likeness (QED) is 0.113. The van der Waals surface area contributed by atoms with Gasteiger partial charge in [-0.1, -0.05) is 413 Å². The summed E-state index contributed by atoms with van der Waals surface area (Å²) in [6.07, 6.45) is 77.2. The Hall–Kier alpha value is -5.98. The van der Waals surface area contributed by atoms with E-state index in [1.54, 1.807) is 45.1 Å². The molecule has 0 aromatic heterocycles. The molecule has 15 atom stereocenters. The lowest BCUT2D eigenvalue weighted by Gasteiger charge is -2.57. The van der Waals surface area contributed by atoms with Gasteiger partial charge in [-0.15, -0.1) is 0 Å². The van der Waals surface area contributed by atoms with Crippen molar-refractivity contribution in [1.29, 1.82) is 0 Å². The summed E-state index contributed by atoms with van der Waals surface area (Å²) < 4.78 is 0. The van der Waals surface area contributed by atoms with Gasteiger partial charge in [0.05, 0.1) is 0 Å². The van der Waals surface area contributed by atoms with Gasteiger partial charge in [-0.2, -0.15) is 0 Å². The second-order valence-electron chi connectivity index (χ2n) is 50.4. The topological polar surface area (TPSA) is 0 Å². The van der Waals surface area contributed by atoms with Crippen molar-refractivity contribution in [2.24, 2.45) is 145 Å². The molecular weight excluding hydrogens is 1620 g/mol. The van der Waals surface area contributed by atoms with Gasteiger partial charge in [-0.05, 0) is 434 Å². The summed E-state index contributed by atoms with van der Waals surface area (Å²) in [5, 5.41) is 0. The Balaban J connectivity index is 0.000000304. The first-order chi connectivity index (χ1) is 62.9. The highest BCUT2D eigenvalue weighted by Gasteiger charge is 2.61. The Labute approximate surface area is 842 Å². The molecule has 10 saturated carbocycles. The fraction of sp³-hybridized carbons (Fsp3) is 0.659. The Morgan fingerprint density at radius 1 is 0.444 bits per heavy atom. The fourth-order valence-corrected chi connectivity index (χ4v) is 23.8. The average Bonchev–Trinajstić information content (AvgIpc) is 1.55. The van der Waals surface area contributed by atoms with Crippen molar-refractivity contribution in [3.63, 3.8) is 0 Å². The van der Waals surface area contributed by atoms with Crippen molar-refractivity contribution in [3.05, 3.63) is 275 Å². The first kappa shape index (κ1) is 121. The van der Waals surface area contributed by atoms with Crippen LogP contribution < -0.4 is 0 Å². The molecule has 0 aromatic rings. The van der Waals surface area contributed by atoms with Crippen molar-refractivity contribution < 1.29 is 0 Å². The highest BCUT2D eigenvalue weighted by atomic mass is 14.7. The van der Waals surface area contributed by atoms with Crippen molar-refractivity contribution in [3.8, 4) is 0 Å². The molecule has 758 valence electrons. The van der Waals surface area contributed by atoms with Gasteiger partial charge in [0, 0.05) is 0 Å². The normalized spacial score (nSPS) is 29.4. The van der Waals surface area contributed by atoms with Crippen LogP contribution in [0.5, 0.6) is 0 Å². The van der Waals surface area contributed by atoms with Gasteiger partial charge < -0.3 is 0 Å². The predicted molar refractivity (Wildman–Crippen MR) is 613 cm³/mol. The summed E-state index contributed by atoms with van der Waals surface area (Å²) in [5.74, 6) is 17.1. The number of fused-ring (bicyclic) bond motifs is 8. The minimum Gasteiger partial charge on any atom is -0.0998 e. The Kier molecular flexibility index (Phi) is 50.9. The van der Waals surface area contributed by atoms with Crippen LogP contribution in [0.15, 0.2) is 275 Å². The van der Waals surface area contributed by atoms with Gasteiger partial charge in [0.15, 0.2) is 0 Å². The molecule has 0 nitrogen and oxygen atoms in total. The lowest BCUT2D eigenvalue weighted by molar-refractivity contribution is -0.0273. The van der Waals surface area contributed by atoms with Crippen LogP contribution in [-0.2, 0) is 0 Å². The zero-order chi connectivity index (χ0) is 102. The molecule has 135 heavy (non-hydrogen) atoms. The smallest absolute Gasteiger partial charge is 0.0116 e. The number of hydrogen-bond acceptors (Lipinski definition) is 0. The van der Waals surface area contributed by atoms with E-state index in [4.69, 9.17) is 0 Å². The largest absolute Gasteiger partial charge is 0.0998 e. The highest BCUT2D eigenvalue weighted by Crippen LogP contribution is 2.70. The summed E-state index contributed by atoms with van der Waals surface area (Å²) in [7, 11) is 0. The molecule has 0 aliphatic heterocycles. The molecule has 0 N–H and O–H groups in total. The molecular formula is C135H218. The third-order valence-electron chi connectivity index (χ3n) is 36.5. The van der Waals surface area contributed by atoms with Crippen LogP contribution in [0.2, 0.25) is 0 Å². The van der Waals surface area contributed by atoms with Crippen LogP contribution in [0, 0.1) is 145 Å².